The molecule has 1 unspecified atom stereocenters. The quantitative estimate of drug-likeness (QED) is 0.393. The lowest BCUT2D eigenvalue weighted by Gasteiger charge is -2.39. The fourth-order valence-electron chi connectivity index (χ4n) is 4.07. The predicted molar refractivity (Wildman–Crippen MR) is 113 cm³/mol. The van der Waals surface area contributed by atoms with Gasteiger partial charge in [0, 0.05) is 57.4 Å². The molecule has 0 amide bonds. The van der Waals surface area contributed by atoms with Crippen molar-refractivity contribution in [1.29, 1.82) is 5.41 Å². The van der Waals surface area contributed by atoms with Crippen LogP contribution in [0, 0.1) is 5.41 Å². The van der Waals surface area contributed by atoms with Crippen molar-refractivity contribution < 1.29 is 0 Å². The Kier molecular flexibility index (Phi) is 8.16. The number of nitrogens with two attached hydrogens (primary N) is 2. The van der Waals surface area contributed by atoms with Crippen LogP contribution in [0.4, 0.5) is 0 Å². The van der Waals surface area contributed by atoms with Gasteiger partial charge in [-0.15, -0.1) is 0 Å². The smallest absolute Gasteiger partial charge is 0.188 e. The van der Waals surface area contributed by atoms with Crippen molar-refractivity contribution in [1.82, 2.24) is 20.0 Å². The summed E-state index contributed by atoms with van der Waals surface area (Å²) in [6.07, 6.45) is 4.32. The van der Waals surface area contributed by atoms with Crippen molar-refractivity contribution in [2.75, 3.05) is 39.8 Å². The highest BCUT2D eigenvalue weighted by Crippen LogP contribution is 2.17. The first-order valence-corrected chi connectivity index (χ1v) is 10.4. The summed E-state index contributed by atoms with van der Waals surface area (Å²) in [6.45, 7) is 11.7. The van der Waals surface area contributed by atoms with Gasteiger partial charge in [-0.1, -0.05) is 0 Å². The molecule has 2 aliphatic heterocycles. The molecular weight excluding hydrogens is 340 g/mol. The van der Waals surface area contributed by atoms with Gasteiger partial charge in [0.05, 0.1) is 6.54 Å². The van der Waals surface area contributed by atoms with Crippen LogP contribution in [0.25, 0.3) is 0 Å². The molecule has 2 heterocycles. The zero-order chi connectivity index (χ0) is 20.0. The molecular formula is C19H40N8. The second-order valence-corrected chi connectivity index (χ2v) is 8.39. The fraction of sp³-hybridized carbons (Fsp3) is 0.895. The van der Waals surface area contributed by atoms with Gasteiger partial charge in [0.1, 0.15) is 0 Å². The van der Waals surface area contributed by atoms with Gasteiger partial charge < -0.3 is 26.6 Å². The predicted octanol–water partition coefficient (Wildman–Crippen LogP) is 0.442. The maximum absolute atomic E-state index is 7.57. The van der Waals surface area contributed by atoms with Gasteiger partial charge in [0.2, 0.25) is 0 Å². The van der Waals surface area contributed by atoms with E-state index in [0.29, 0.717) is 30.1 Å². The number of guanidine groups is 2. The number of nitrogens with zero attached hydrogens (tertiary/aromatic N) is 4. The molecule has 156 valence electrons. The van der Waals surface area contributed by atoms with E-state index in [-0.39, 0.29) is 5.96 Å². The summed E-state index contributed by atoms with van der Waals surface area (Å²) in [5, 5.41) is 11.0. The number of rotatable bonds is 6. The van der Waals surface area contributed by atoms with Gasteiger partial charge in [-0.25, -0.2) is 0 Å². The van der Waals surface area contributed by atoms with E-state index in [1.807, 2.05) is 11.9 Å². The Balaban J connectivity index is 1.70. The maximum Gasteiger partial charge on any atom is 0.188 e. The zero-order valence-corrected chi connectivity index (χ0v) is 17.6. The molecule has 0 bridgehead atoms. The summed E-state index contributed by atoms with van der Waals surface area (Å²) >= 11 is 0. The molecule has 0 aromatic heterocycles. The monoisotopic (exact) mass is 380 g/mol. The minimum Gasteiger partial charge on any atom is -0.370 e. The Morgan fingerprint density at radius 3 is 2.15 bits per heavy atom. The molecule has 0 radical (unpaired) electrons. The third kappa shape index (κ3) is 6.53. The number of nitrogens with one attached hydrogen (secondary N) is 2. The normalized spacial score (nSPS) is 22.8. The molecule has 6 N–H and O–H groups in total. The molecule has 27 heavy (non-hydrogen) atoms. The highest BCUT2D eigenvalue weighted by molar-refractivity contribution is 5.78. The maximum atomic E-state index is 7.57. The van der Waals surface area contributed by atoms with Crippen LogP contribution in [0.5, 0.6) is 0 Å². The van der Waals surface area contributed by atoms with Crippen LogP contribution in [0.2, 0.25) is 0 Å². The molecule has 8 heteroatoms. The van der Waals surface area contributed by atoms with E-state index in [2.05, 4.69) is 40.9 Å². The fourth-order valence-corrected chi connectivity index (χ4v) is 4.07. The van der Waals surface area contributed by atoms with Gasteiger partial charge >= 0.3 is 0 Å². The third-order valence-corrected chi connectivity index (χ3v) is 6.19. The van der Waals surface area contributed by atoms with Crippen LogP contribution in [0.15, 0.2) is 4.99 Å². The SMILES string of the molecule is CC(C)N1CCC(N/C(N)=N/CC(C)N2CCC(N(C)C(=N)N)CC2)CC1. The molecule has 0 aliphatic carbocycles. The lowest BCUT2D eigenvalue weighted by atomic mass is 10.0. The van der Waals surface area contributed by atoms with E-state index in [0.717, 1.165) is 58.4 Å². The van der Waals surface area contributed by atoms with Crippen LogP contribution < -0.4 is 16.8 Å². The second kappa shape index (κ2) is 10.1. The van der Waals surface area contributed by atoms with E-state index in [1.54, 1.807) is 0 Å². The van der Waals surface area contributed by atoms with Gasteiger partial charge in [0.15, 0.2) is 11.9 Å². The molecule has 0 spiro atoms. The zero-order valence-electron chi connectivity index (χ0n) is 17.6. The van der Waals surface area contributed by atoms with Crippen molar-refractivity contribution >= 4 is 11.9 Å². The Morgan fingerprint density at radius 2 is 1.63 bits per heavy atom. The number of hydrogen-bond donors (Lipinski definition) is 4. The van der Waals surface area contributed by atoms with Crippen LogP contribution >= 0.6 is 0 Å². The van der Waals surface area contributed by atoms with E-state index < -0.39 is 0 Å². The van der Waals surface area contributed by atoms with E-state index in [1.165, 1.54) is 0 Å². The molecule has 2 saturated heterocycles. The standard InChI is InChI=1S/C19H40N8/c1-14(2)26-9-5-16(6-10-26)24-19(22)23-13-15(3)27-11-7-17(8-12-27)25(4)18(20)21/h14-17H,5-13H2,1-4H3,(H3,20,21)(H3,22,23,24). The Hall–Kier alpha value is -1.54. The van der Waals surface area contributed by atoms with Crippen molar-refractivity contribution in [2.45, 2.75) is 70.6 Å². The summed E-state index contributed by atoms with van der Waals surface area (Å²) in [4.78, 5) is 11.5. The summed E-state index contributed by atoms with van der Waals surface area (Å²) in [6, 6.07) is 1.81. The first kappa shape index (κ1) is 21.8. The minimum atomic E-state index is 0.157. The number of likely N-dealkylation sites (tertiary alicyclic amines) is 2. The van der Waals surface area contributed by atoms with Crippen molar-refractivity contribution in [3.05, 3.63) is 0 Å². The van der Waals surface area contributed by atoms with Crippen molar-refractivity contribution in [2.24, 2.45) is 16.5 Å². The molecule has 0 saturated carbocycles. The molecule has 2 fully saturated rings. The van der Waals surface area contributed by atoms with E-state index >= 15 is 0 Å². The van der Waals surface area contributed by atoms with Gasteiger partial charge in [-0.05, 0) is 46.5 Å². The summed E-state index contributed by atoms with van der Waals surface area (Å²) in [5.41, 5.74) is 11.7. The first-order chi connectivity index (χ1) is 12.8. The molecule has 0 aromatic carbocycles. The van der Waals surface area contributed by atoms with Crippen LogP contribution in [0.1, 0.15) is 46.5 Å². The van der Waals surface area contributed by atoms with Crippen LogP contribution in [-0.2, 0) is 0 Å². The topological polar surface area (TPSA) is 110 Å². The van der Waals surface area contributed by atoms with E-state index in [4.69, 9.17) is 16.9 Å². The van der Waals surface area contributed by atoms with Gasteiger partial charge in [-0.2, -0.15) is 0 Å². The highest BCUT2D eigenvalue weighted by Gasteiger charge is 2.26. The van der Waals surface area contributed by atoms with Crippen molar-refractivity contribution in [3.8, 4) is 0 Å². The molecule has 0 aromatic rings. The number of aliphatic imine (C=N–C) groups is 1. The summed E-state index contributed by atoms with van der Waals surface area (Å²) in [7, 11) is 1.91. The lowest BCUT2D eigenvalue weighted by Crippen LogP contribution is -2.50. The van der Waals surface area contributed by atoms with Gasteiger partial charge in [0.25, 0.3) is 0 Å². The molecule has 2 rings (SSSR count). The summed E-state index contributed by atoms with van der Waals surface area (Å²) < 4.78 is 0. The highest BCUT2D eigenvalue weighted by atomic mass is 15.3. The van der Waals surface area contributed by atoms with Crippen molar-refractivity contribution in [3.63, 3.8) is 0 Å². The van der Waals surface area contributed by atoms with Crippen LogP contribution in [0.3, 0.4) is 0 Å². The van der Waals surface area contributed by atoms with E-state index in [9.17, 15) is 0 Å². The second-order valence-electron chi connectivity index (χ2n) is 8.39. The third-order valence-electron chi connectivity index (χ3n) is 6.19. The largest absolute Gasteiger partial charge is 0.370 e. The number of hydrogen-bond acceptors (Lipinski definition) is 4. The molecule has 1 atom stereocenters. The Bertz CT molecular complexity index is 490. The Labute approximate surface area is 164 Å². The number of piperidine rings is 2. The first-order valence-electron chi connectivity index (χ1n) is 10.4. The van der Waals surface area contributed by atoms with Crippen LogP contribution in [-0.4, -0.2) is 90.6 Å². The Morgan fingerprint density at radius 1 is 1.07 bits per heavy atom. The molecule has 8 nitrogen and oxygen atoms in total. The average molecular weight is 381 g/mol. The minimum absolute atomic E-state index is 0.157. The average Bonchev–Trinajstić information content (AvgIpc) is 2.66. The molecule has 2 aliphatic rings. The summed E-state index contributed by atoms with van der Waals surface area (Å²) in [5.74, 6) is 0.736. The lowest BCUT2D eigenvalue weighted by molar-refractivity contribution is 0.131. The van der Waals surface area contributed by atoms with Gasteiger partial charge in [-0.3, -0.25) is 15.3 Å².